The molecule has 0 saturated heterocycles. The molecule has 0 aliphatic heterocycles. The Morgan fingerprint density at radius 3 is 2.44 bits per heavy atom. The number of carbonyl (C=O) groups is 2. The number of rotatable bonds is 7. The van der Waals surface area contributed by atoms with Crippen LogP contribution in [0.1, 0.15) is 15.9 Å². The molecule has 0 fully saturated rings. The molecule has 0 aliphatic carbocycles. The minimum atomic E-state index is -0.591. The highest BCUT2D eigenvalue weighted by Crippen LogP contribution is 2.13. The van der Waals surface area contributed by atoms with Crippen molar-refractivity contribution in [2.75, 3.05) is 14.2 Å². The molecule has 0 radical (unpaired) electrons. The molecule has 0 aliphatic rings. The predicted octanol–water partition coefficient (Wildman–Crippen LogP) is 1.37. The van der Waals surface area contributed by atoms with Gasteiger partial charge in [-0.25, -0.2) is 9.59 Å². The molecule has 9 nitrogen and oxygen atoms in total. The monoisotopic (exact) mass is 437 g/mol. The molecule has 0 unspecified atom stereocenters. The van der Waals surface area contributed by atoms with Crippen molar-refractivity contribution in [1.82, 2.24) is 14.5 Å². The van der Waals surface area contributed by atoms with E-state index in [1.54, 1.807) is 31.4 Å². The van der Waals surface area contributed by atoms with Gasteiger partial charge >= 0.3 is 11.7 Å². The SMILES string of the molecule is COC(=O)C=CCn1c(=O)c2cc(C(=O)NCc3ccc(OC)cc3)ccc2n(C)c1=O. The van der Waals surface area contributed by atoms with E-state index in [4.69, 9.17) is 4.74 Å². The quantitative estimate of drug-likeness (QED) is 0.442. The second kappa shape index (κ2) is 9.78. The van der Waals surface area contributed by atoms with Crippen LogP contribution in [0.25, 0.3) is 10.9 Å². The Hall–Kier alpha value is -4.14. The lowest BCUT2D eigenvalue weighted by atomic mass is 10.1. The molecule has 0 saturated carbocycles. The molecule has 1 amide bonds. The van der Waals surface area contributed by atoms with E-state index in [9.17, 15) is 19.2 Å². The summed E-state index contributed by atoms with van der Waals surface area (Å²) in [5, 5.41) is 3.03. The van der Waals surface area contributed by atoms with Crippen molar-refractivity contribution < 1.29 is 19.1 Å². The number of nitrogens with zero attached hydrogens (tertiary/aromatic N) is 2. The zero-order chi connectivity index (χ0) is 23.3. The second-order valence-corrected chi connectivity index (χ2v) is 6.95. The van der Waals surface area contributed by atoms with Gasteiger partial charge in [0, 0.05) is 31.8 Å². The van der Waals surface area contributed by atoms with Crippen LogP contribution in [0.3, 0.4) is 0 Å². The topological polar surface area (TPSA) is 109 Å². The van der Waals surface area contributed by atoms with Gasteiger partial charge in [0.2, 0.25) is 0 Å². The van der Waals surface area contributed by atoms with E-state index in [0.717, 1.165) is 22.0 Å². The highest BCUT2D eigenvalue weighted by molar-refractivity contribution is 5.97. The van der Waals surface area contributed by atoms with Gasteiger partial charge in [-0.05, 0) is 35.9 Å². The summed E-state index contributed by atoms with van der Waals surface area (Å²) in [6, 6.07) is 11.9. The maximum absolute atomic E-state index is 12.9. The summed E-state index contributed by atoms with van der Waals surface area (Å²) < 4.78 is 11.9. The molecule has 9 heteroatoms. The molecule has 0 bridgehead atoms. The number of ether oxygens (including phenoxy) is 2. The summed E-state index contributed by atoms with van der Waals surface area (Å²) in [5.74, 6) is -0.225. The van der Waals surface area contributed by atoms with Crippen LogP contribution >= 0.6 is 0 Å². The molecule has 1 N–H and O–H groups in total. The van der Waals surface area contributed by atoms with Crippen molar-refractivity contribution in [2.45, 2.75) is 13.1 Å². The Labute approximate surface area is 183 Å². The third-order valence-corrected chi connectivity index (χ3v) is 4.97. The average Bonchev–Trinajstić information content (AvgIpc) is 2.82. The predicted molar refractivity (Wildman–Crippen MR) is 119 cm³/mol. The number of allylic oxidation sites excluding steroid dienone is 1. The normalized spacial score (nSPS) is 11.0. The van der Waals surface area contributed by atoms with Gasteiger partial charge in [0.25, 0.3) is 11.5 Å². The molecule has 166 valence electrons. The number of amides is 1. The minimum Gasteiger partial charge on any atom is -0.497 e. The number of hydrogen-bond acceptors (Lipinski definition) is 6. The lowest BCUT2D eigenvalue weighted by Gasteiger charge is -2.11. The maximum Gasteiger partial charge on any atom is 0.331 e. The van der Waals surface area contributed by atoms with Gasteiger partial charge in [-0.3, -0.25) is 18.7 Å². The van der Waals surface area contributed by atoms with Gasteiger partial charge in [0.05, 0.1) is 25.1 Å². The lowest BCUT2D eigenvalue weighted by molar-refractivity contribution is -0.134. The number of hydrogen-bond donors (Lipinski definition) is 1. The molecule has 32 heavy (non-hydrogen) atoms. The van der Waals surface area contributed by atoms with E-state index in [1.807, 2.05) is 12.1 Å². The van der Waals surface area contributed by atoms with Gasteiger partial charge < -0.3 is 14.8 Å². The van der Waals surface area contributed by atoms with Crippen molar-refractivity contribution in [2.24, 2.45) is 7.05 Å². The third-order valence-electron chi connectivity index (χ3n) is 4.97. The van der Waals surface area contributed by atoms with Crippen molar-refractivity contribution in [3.63, 3.8) is 0 Å². The molecule has 3 rings (SSSR count). The zero-order valence-corrected chi connectivity index (χ0v) is 18.0. The van der Waals surface area contributed by atoms with E-state index in [2.05, 4.69) is 10.1 Å². The molecule has 1 heterocycles. The second-order valence-electron chi connectivity index (χ2n) is 6.95. The van der Waals surface area contributed by atoms with E-state index >= 15 is 0 Å². The van der Waals surface area contributed by atoms with Crippen molar-refractivity contribution >= 4 is 22.8 Å². The van der Waals surface area contributed by atoms with Gasteiger partial charge in [0.15, 0.2) is 0 Å². The summed E-state index contributed by atoms with van der Waals surface area (Å²) in [4.78, 5) is 49.4. The Kier molecular flexibility index (Phi) is 6.89. The Morgan fingerprint density at radius 2 is 1.78 bits per heavy atom. The van der Waals surface area contributed by atoms with E-state index in [0.29, 0.717) is 17.6 Å². The average molecular weight is 437 g/mol. The summed E-state index contributed by atoms with van der Waals surface area (Å²) in [7, 11) is 4.35. The number of fused-ring (bicyclic) bond motifs is 1. The van der Waals surface area contributed by atoms with Gasteiger partial charge in [-0.15, -0.1) is 0 Å². The summed E-state index contributed by atoms with van der Waals surface area (Å²) >= 11 is 0. The first-order valence-corrected chi connectivity index (χ1v) is 9.75. The van der Waals surface area contributed by atoms with Gasteiger partial charge in [0.1, 0.15) is 5.75 Å². The van der Waals surface area contributed by atoms with Crippen LogP contribution < -0.4 is 21.3 Å². The molecule has 0 spiro atoms. The van der Waals surface area contributed by atoms with E-state index in [-0.39, 0.29) is 17.8 Å². The maximum atomic E-state index is 12.9. The zero-order valence-electron chi connectivity index (χ0n) is 18.0. The fourth-order valence-electron chi connectivity index (χ4n) is 3.17. The van der Waals surface area contributed by atoms with Crippen LogP contribution in [-0.2, 0) is 29.7 Å². The highest BCUT2D eigenvalue weighted by atomic mass is 16.5. The van der Waals surface area contributed by atoms with Crippen molar-refractivity contribution in [3.05, 3.63) is 86.6 Å². The van der Waals surface area contributed by atoms with Crippen LogP contribution in [0, 0.1) is 0 Å². The summed E-state index contributed by atoms with van der Waals surface area (Å²) in [5.41, 5.74) is 0.497. The molecule has 1 aromatic heterocycles. The van der Waals surface area contributed by atoms with E-state index < -0.39 is 17.2 Å². The molecular weight excluding hydrogens is 414 g/mol. The number of methoxy groups -OCH3 is 2. The van der Waals surface area contributed by atoms with Gasteiger partial charge in [-0.1, -0.05) is 18.2 Å². The first kappa shape index (κ1) is 22.5. The molecule has 3 aromatic rings. The van der Waals surface area contributed by atoms with Crippen molar-refractivity contribution in [1.29, 1.82) is 0 Å². The smallest absolute Gasteiger partial charge is 0.331 e. The number of aryl methyl sites for hydroxylation is 1. The van der Waals surface area contributed by atoms with Crippen LogP contribution in [0.15, 0.2) is 64.2 Å². The number of nitrogens with one attached hydrogen (secondary N) is 1. The number of benzene rings is 2. The Bertz CT molecular complexity index is 1300. The first-order valence-electron chi connectivity index (χ1n) is 9.75. The van der Waals surface area contributed by atoms with Crippen LogP contribution in [0.4, 0.5) is 0 Å². The Balaban J connectivity index is 1.88. The Morgan fingerprint density at radius 1 is 1.06 bits per heavy atom. The minimum absolute atomic E-state index is 0.107. The third kappa shape index (κ3) is 4.77. The first-order chi connectivity index (χ1) is 15.3. The fourth-order valence-corrected chi connectivity index (χ4v) is 3.17. The van der Waals surface area contributed by atoms with Gasteiger partial charge in [-0.2, -0.15) is 0 Å². The van der Waals surface area contributed by atoms with Crippen molar-refractivity contribution in [3.8, 4) is 5.75 Å². The highest BCUT2D eigenvalue weighted by Gasteiger charge is 2.13. The number of esters is 1. The lowest BCUT2D eigenvalue weighted by Crippen LogP contribution is -2.39. The summed E-state index contributed by atoms with van der Waals surface area (Å²) in [6.45, 7) is 0.196. The largest absolute Gasteiger partial charge is 0.497 e. The number of carbonyl (C=O) groups excluding carboxylic acids is 2. The molecular formula is C23H23N3O6. The molecule has 0 atom stereocenters. The van der Waals surface area contributed by atoms with Crippen LogP contribution in [0.2, 0.25) is 0 Å². The molecule has 2 aromatic carbocycles. The standard InChI is InChI=1S/C23H23N3O6/c1-25-19-11-8-16(21(28)24-14-15-6-9-17(31-2)10-7-15)13-18(19)22(29)26(23(25)30)12-4-5-20(27)32-3/h4-11,13H,12,14H2,1-3H3,(H,24,28). The van der Waals surface area contributed by atoms with Crippen LogP contribution in [0.5, 0.6) is 5.75 Å². The van der Waals surface area contributed by atoms with Crippen LogP contribution in [-0.4, -0.2) is 35.2 Å². The van der Waals surface area contributed by atoms with E-state index in [1.165, 1.54) is 30.9 Å². The number of aromatic nitrogens is 2. The fraction of sp³-hybridized carbons (Fsp3) is 0.217. The summed E-state index contributed by atoms with van der Waals surface area (Å²) in [6.07, 6.45) is 2.50.